The highest BCUT2D eigenvalue weighted by Crippen LogP contribution is 2.27. The second-order valence-electron chi connectivity index (χ2n) is 6.59. The molecule has 2 aromatic rings. The monoisotopic (exact) mass is 438 g/mol. The van der Waals surface area contributed by atoms with Crippen molar-refractivity contribution in [2.45, 2.75) is 31.2 Å². The van der Waals surface area contributed by atoms with Gasteiger partial charge in [-0.25, -0.2) is 18.4 Å². The minimum Gasteiger partial charge on any atom is -0.478 e. The van der Waals surface area contributed by atoms with E-state index in [1.165, 1.54) is 22.6 Å². The lowest BCUT2D eigenvalue weighted by Crippen LogP contribution is -2.43. The summed E-state index contributed by atoms with van der Waals surface area (Å²) in [5.74, 6) is 0.148. The normalized spacial score (nSPS) is 15.8. The second-order valence-corrected chi connectivity index (χ2v) is 8.85. The molecule has 1 aliphatic heterocycles. The standard InChI is InChI=1S/C19H23ClN4O4S/c1-2-28-19-15(5-3-10-22-19)13-23-18(25)14-7-11-24(12-8-14)29(26,27)16-6-4-9-21-17(16)20/h3-6,9-10,14H,2,7-8,11-13H2,1H3,(H,23,25). The number of pyridine rings is 2. The summed E-state index contributed by atoms with van der Waals surface area (Å²) in [6, 6.07) is 6.61. The molecule has 1 aliphatic rings. The first-order valence-electron chi connectivity index (χ1n) is 9.38. The fraction of sp³-hybridized carbons (Fsp3) is 0.421. The zero-order valence-electron chi connectivity index (χ0n) is 16.0. The van der Waals surface area contributed by atoms with E-state index < -0.39 is 10.0 Å². The first-order chi connectivity index (χ1) is 13.9. The van der Waals surface area contributed by atoms with E-state index in [4.69, 9.17) is 16.3 Å². The number of ether oxygens (including phenoxy) is 1. The van der Waals surface area contributed by atoms with Crippen molar-refractivity contribution >= 4 is 27.5 Å². The van der Waals surface area contributed by atoms with Crippen molar-refractivity contribution in [3.05, 3.63) is 47.4 Å². The van der Waals surface area contributed by atoms with E-state index in [1.807, 2.05) is 13.0 Å². The fourth-order valence-electron chi connectivity index (χ4n) is 3.21. The Morgan fingerprint density at radius 3 is 2.62 bits per heavy atom. The van der Waals surface area contributed by atoms with Gasteiger partial charge in [-0.05, 0) is 38.0 Å². The molecule has 0 saturated carbocycles. The summed E-state index contributed by atoms with van der Waals surface area (Å²) in [5, 5.41) is 2.86. The van der Waals surface area contributed by atoms with Gasteiger partial charge in [0.15, 0.2) is 0 Å². The molecule has 1 fully saturated rings. The quantitative estimate of drug-likeness (QED) is 0.665. The van der Waals surface area contributed by atoms with Gasteiger partial charge in [0, 0.05) is 43.5 Å². The van der Waals surface area contributed by atoms with Gasteiger partial charge in [-0.3, -0.25) is 4.79 Å². The molecule has 1 amide bonds. The zero-order valence-corrected chi connectivity index (χ0v) is 17.6. The molecule has 3 heterocycles. The van der Waals surface area contributed by atoms with E-state index in [0.717, 1.165) is 5.56 Å². The lowest BCUT2D eigenvalue weighted by atomic mass is 9.97. The lowest BCUT2D eigenvalue weighted by Gasteiger charge is -2.30. The van der Waals surface area contributed by atoms with E-state index in [9.17, 15) is 13.2 Å². The van der Waals surface area contributed by atoms with Crippen LogP contribution in [0.4, 0.5) is 0 Å². The molecule has 2 aromatic heterocycles. The molecule has 1 N–H and O–H groups in total. The van der Waals surface area contributed by atoms with E-state index >= 15 is 0 Å². The third kappa shape index (κ3) is 5.04. The number of carbonyl (C=O) groups excluding carboxylic acids is 1. The first kappa shape index (κ1) is 21.5. The van der Waals surface area contributed by atoms with E-state index in [2.05, 4.69) is 15.3 Å². The van der Waals surface area contributed by atoms with Crippen molar-refractivity contribution in [1.82, 2.24) is 19.6 Å². The molecule has 0 spiro atoms. The van der Waals surface area contributed by atoms with E-state index in [-0.39, 0.29) is 35.0 Å². The SMILES string of the molecule is CCOc1ncccc1CNC(=O)C1CCN(S(=O)(=O)c2cccnc2Cl)CC1. The molecule has 0 radical (unpaired) electrons. The average molecular weight is 439 g/mol. The average Bonchev–Trinajstić information content (AvgIpc) is 2.73. The van der Waals surface area contributed by atoms with Gasteiger partial charge in [0.05, 0.1) is 6.61 Å². The summed E-state index contributed by atoms with van der Waals surface area (Å²) in [5.41, 5.74) is 0.800. The van der Waals surface area contributed by atoms with Crippen molar-refractivity contribution in [1.29, 1.82) is 0 Å². The Kier molecular flexibility index (Phi) is 7.05. The lowest BCUT2D eigenvalue weighted by molar-refractivity contribution is -0.126. The summed E-state index contributed by atoms with van der Waals surface area (Å²) in [4.78, 5) is 20.5. The topological polar surface area (TPSA) is 101 Å². The number of nitrogens with zero attached hydrogens (tertiary/aromatic N) is 3. The molecule has 0 atom stereocenters. The van der Waals surface area contributed by atoms with Gasteiger partial charge in [-0.2, -0.15) is 4.31 Å². The van der Waals surface area contributed by atoms with Gasteiger partial charge in [0.2, 0.25) is 21.8 Å². The second kappa shape index (κ2) is 9.51. The van der Waals surface area contributed by atoms with Crippen LogP contribution in [0.3, 0.4) is 0 Å². The number of aromatic nitrogens is 2. The molecule has 29 heavy (non-hydrogen) atoms. The van der Waals surface area contributed by atoms with Crippen LogP contribution in [-0.2, 0) is 21.4 Å². The van der Waals surface area contributed by atoms with Gasteiger partial charge >= 0.3 is 0 Å². The Balaban J connectivity index is 1.57. The van der Waals surface area contributed by atoms with Crippen molar-refractivity contribution in [3.63, 3.8) is 0 Å². The molecule has 0 bridgehead atoms. The van der Waals surface area contributed by atoms with Gasteiger partial charge in [0.1, 0.15) is 10.0 Å². The number of hydrogen-bond acceptors (Lipinski definition) is 6. The van der Waals surface area contributed by atoms with Crippen LogP contribution >= 0.6 is 11.6 Å². The summed E-state index contributed by atoms with van der Waals surface area (Å²) in [7, 11) is -3.73. The summed E-state index contributed by atoms with van der Waals surface area (Å²) >= 11 is 5.95. The highest BCUT2D eigenvalue weighted by molar-refractivity contribution is 7.89. The molecule has 10 heteroatoms. The maximum atomic E-state index is 12.8. The third-order valence-corrected chi connectivity index (χ3v) is 7.09. The van der Waals surface area contributed by atoms with Crippen molar-refractivity contribution < 1.29 is 17.9 Å². The molecule has 3 rings (SSSR count). The van der Waals surface area contributed by atoms with Crippen LogP contribution in [0.25, 0.3) is 0 Å². The van der Waals surface area contributed by atoms with Crippen molar-refractivity contribution in [2.24, 2.45) is 5.92 Å². The van der Waals surface area contributed by atoms with Crippen LogP contribution in [-0.4, -0.2) is 48.3 Å². The maximum absolute atomic E-state index is 12.8. The number of piperidine rings is 1. The van der Waals surface area contributed by atoms with Gasteiger partial charge in [-0.1, -0.05) is 17.7 Å². The van der Waals surface area contributed by atoms with Gasteiger partial charge < -0.3 is 10.1 Å². The highest BCUT2D eigenvalue weighted by Gasteiger charge is 2.33. The number of amides is 1. The Hall–Kier alpha value is -2.23. The predicted octanol–water partition coefficient (Wildman–Crippen LogP) is 2.25. The largest absolute Gasteiger partial charge is 0.478 e. The Morgan fingerprint density at radius 2 is 1.93 bits per heavy atom. The van der Waals surface area contributed by atoms with Gasteiger partial charge in [0.25, 0.3) is 0 Å². The third-order valence-electron chi connectivity index (χ3n) is 4.75. The number of sulfonamides is 1. The maximum Gasteiger partial charge on any atom is 0.246 e. The molecule has 1 saturated heterocycles. The Morgan fingerprint density at radius 1 is 1.24 bits per heavy atom. The number of hydrogen-bond donors (Lipinski definition) is 1. The summed E-state index contributed by atoms with van der Waals surface area (Å²) in [6.45, 7) is 3.18. The van der Waals surface area contributed by atoms with Crippen LogP contribution in [0.1, 0.15) is 25.3 Å². The Bertz CT molecular complexity index is 962. The highest BCUT2D eigenvalue weighted by atomic mass is 35.5. The van der Waals surface area contributed by atoms with Crippen molar-refractivity contribution in [2.75, 3.05) is 19.7 Å². The molecular weight excluding hydrogens is 416 g/mol. The van der Waals surface area contributed by atoms with Crippen LogP contribution in [0.5, 0.6) is 5.88 Å². The summed E-state index contributed by atoms with van der Waals surface area (Å²) in [6.07, 6.45) is 3.96. The fourth-order valence-corrected chi connectivity index (χ4v) is 5.11. The van der Waals surface area contributed by atoms with E-state index in [0.29, 0.717) is 31.9 Å². The minimum atomic E-state index is -3.73. The van der Waals surface area contributed by atoms with Crippen LogP contribution < -0.4 is 10.1 Å². The molecule has 8 nitrogen and oxygen atoms in total. The molecule has 0 unspecified atom stereocenters. The smallest absolute Gasteiger partial charge is 0.246 e. The number of halogens is 1. The number of rotatable bonds is 7. The minimum absolute atomic E-state index is 0.00963. The van der Waals surface area contributed by atoms with E-state index in [1.54, 1.807) is 12.3 Å². The first-order valence-corrected chi connectivity index (χ1v) is 11.2. The molecule has 0 aliphatic carbocycles. The van der Waals surface area contributed by atoms with Crippen molar-refractivity contribution in [3.8, 4) is 5.88 Å². The van der Waals surface area contributed by atoms with Crippen LogP contribution in [0.15, 0.2) is 41.6 Å². The van der Waals surface area contributed by atoms with Crippen LogP contribution in [0.2, 0.25) is 5.15 Å². The molecule has 0 aromatic carbocycles. The molecular formula is C19H23ClN4O4S. The summed E-state index contributed by atoms with van der Waals surface area (Å²) < 4.78 is 32.4. The number of carbonyl (C=O) groups is 1. The number of nitrogens with one attached hydrogen (secondary N) is 1. The van der Waals surface area contributed by atoms with Crippen LogP contribution in [0, 0.1) is 5.92 Å². The zero-order chi connectivity index (χ0) is 20.9. The molecule has 156 valence electrons. The van der Waals surface area contributed by atoms with Gasteiger partial charge in [-0.15, -0.1) is 0 Å². The Labute approximate surface area is 175 Å². The predicted molar refractivity (Wildman–Crippen MR) is 108 cm³/mol.